The molecule has 1 aliphatic rings. The fraction of sp³-hybridized carbons (Fsp3) is 0.240. The van der Waals surface area contributed by atoms with Crippen LogP contribution in [0, 0.1) is 0 Å². The first-order valence-corrected chi connectivity index (χ1v) is 10.9. The Bertz CT molecular complexity index is 1320. The van der Waals surface area contributed by atoms with Gasteiger partial charge in [0.2, 0.25) is 0 Å². The van der Waals surface area contributed by atoms with Crippen LogP contribution in [0.4, 0.5) is 13.2 Å². The van der Waals surface area contributed by atoms with Gasteiger partial charge in [0.05, 0.1) is 5.56 Å². The predicted octanol–water partition coefficient (Wildman–Crippen LogP) is 5.56. The average Bonchev–Trinajstić information content (AvgIpc) is 3.27. The van der Waals surface area contributed by atoms with Crippen molar-refractivity contribution in [3.8, 4) is 11.5 Å². The lowest BCUT2D eigenvalue weighted by Crippen LogP contribution is -2.39. The number of alkyl halides is 3. The Kier molecular flexibility index (Phi) is 5.69. The maximum Gasteiger partial charge on any atom is 0.417 e. The van der Waals surface area contributed by atoms with E-state index >= 15 is 0 Å². The highest BCUT2D eigenvalue weighted by Gasteiger charge is 2.33. The minimum Gasteiger partial charge on any atom is -0.457 e. The molecule has 4 aromatic rings. The summed E-state index contributed by atoms with van der Waals surface area (Å²) in [5, 5.41) is 8.18. The Balaban J connectivity index is 1.36. The summed E-state index contributed by atoms with van der Waals surface area (Å²) in [4.78, 5) is 15.0. The third-order valence-corrected chi connectivity index (χ3v) is 5.89. The molecule has 9 heteroatoms. The zero-order chi connectivity index (χ0) is 23.7. The summed E-state index contributed by atoms with van der Waals surface area (Å²) < 4.78 is 46.8. The molecule has 1 amide bonds. The van der Waals surface area contributed by atoms with Crippen LogP contribution in [0.1, 0.15) is 40.5 Å². The second-order valence-electron chi connectivity index (χ2n) is 8.24. The first-order valence-electron chi connectivity index (χ1n) is 10.9. The van der Waals surface area contributed by atoms with E-state index in [4.69, 9.17) is 4.74 Å². The van der Waals surface area contributed by atoms with Gasteiger partial charge in [0.25, 0.3) is 5.91 Å². The summed E-state index contributed by atoms with van der Waals surface area (Å²) in [5.41, 5.74) is 0.0665. The molecule has 174 valence electrons. The van der Waals surface area contributed by atoms with Gasteiger partial charge in [-0.15, -0.1) is 10.2 Å². The van der Waals surface area contributed by atoms with Crippen molar-refractivity contribution < 1.29 is 22.7 Å². The van der Waals surface area contributed by atoms with Gasteiger partial charge in [-0.05, 0) is 55.3 Å². The highest BCUT2D eigenvalue weighted by molar-refractivity contribution is 5.94. The second-order valence-corrected chi connectivity index (χ2v) is 8.24. The van der Waals surface area contributed by atoms with E-state index < -0.39 is 11.7 Å². The van der Waals surface area contributed by atoms with Crippen LogP contribution in [0.25, 0.3) is 5.65 Å². The van der Waals surface area contributed by atoms with Gasteiger partial charge in [-0.1, -0.05) is 24.3 Å². The van der Waals surface area contributed by atoms with E-state index in [1.54, 1.807) is 29.2 Å². The zero-order valence-electron chi connectivity index (χ0n) is 18.1. The molecule has 0 bridgehead atoms. The third kappa shape index (κ3) is 4.46. The summed E-state index contributed by atoms with van der Waals surface area (Å²) in [5.74, 6) is 1.27. The number of hydrogen-bond donors (Lipinski definition) is 0. The van der Waals surface area contributed by atoms with Crippen LogP contribution in [-0.2, 0) is 6.18 Å². The van der Waals surface area contributed by atoms with Gasteiger partial charge in [-0.25, -0.2) is 0 Å². The lowest BCUT2D eigenvalue weighted by atomic mass is 9.96. The van der Waals surface area contributed by atoms with Gasteiger partial charge in [0, 0.05) is 30.8 Å². The highest BCUT2D eigenvalue weighted by atomic mass is 19.4. The zero-order valence-corrected chi connectivity index (χ0v) is 18.1. The van der Waals surface area contributed by atoms with Crippen molar-refractivity contribution in [1.82, 2.24) is 19.5 Å². The summed E-state index contributed by atoms with van der Waals surface area (Å²) in [7, 11) is 0. The molecule has 0 spiro atoms. The van der Waals surface area contributed by atoms with E-state index in [2.05, 4.69) is 10.2 Å². The SMILES string of the molecule is O=C(c1cccc(Oc2ccccc2)c1)N1CCC[C@H](c2nnc3ccc(C(F)(F)F)cn23)C1. The van der Waals surface area contributed by atoms with Crippen molar-refractivity contribution in [3.63, 3.8) is 0 Å². The molecule has 0 radical (unpaired) electrons. The maximum atomic E-state index is 13.2. The number of halogens is 3. The van der Waals surface area contributed by atoms with Crippen molar-refractivity contribution in [2.45, 2.75) is 24.9 Å². The number of pyridine rings is 1. The highest BCUT2D eigenvalue weighted by Crippen LogP contribution is 2.32. The van der Waals surface area contributed by atoms with Gasteiger partial charge in [-0.3, -0.25) is 9.20 Å². The van der Waals surface area contributed by atoms with Crippen LogP contribution in [0.15, 0.2) is 72.9 Å². The predicted molar refractivity (Wildman–Crippen MR) is 119 cm³/mol. The number of carbonyl (C=O) groups is 1. The molecule has 1 aliphatic heterocycles. The quantitative estimate of drug-likeness (QED) is 0.395. The van der Waals surface area contributed by atoms with E-state index in [0.29, 0.717) is 54.5 Å². The molecule has 34 heavy (non-hydrogen) atoms. The molecular weight excluding hydrogens is 445 g/mol. The summed E-state index contributed by atoms with van der Waals surface area (Å²) in [6, 6.07) is 18.6. The number of likely N-dealkylation sites (tertiary alicyclic amines) is 1. The van der Waals surface area contributed by atoms with E-state index in [1.807, 2.05) is 30.3 Å². The molecule has 3 heterocycles. The number of amides is 1. The van der Waals surface area contributed by atoms with Crippen molar-refractivity contribution in [3.05, 3.63) is 89.9 Å². The van der Waals surface area contributed by atoms with Crippen LogP contribution in [0.5, 0.6) is 11.5 Å². The largest absolute Gasteiger partial charge is 0.457 e. The van der Waals surface area contributed by atoms with Crippen molar-refractivity contribution in [2.75, 3.05) is 13.1 Å². The number of fused-ring (bicyclic) bond motifs is 1. The number of ether oxygens (including phenoxy) is 1. The monoisotopic (exact) mass is 466 g/mol. The molecule has 5 rings (SSSR count). The standard InChI is InChI=1S/C25H21F3N4O2/c26-25(27,28)19-11-12-22-29-30-23(32(22)16-19)18-7-5-13-31(15-18)24(33)17-6-4-10-21(14-17)34-20-8-2-1-3-9-20/h1-4,6,8-12,14,16,18H,5,7,13,15H2/t18-/m0/s1. The van der Waals surface area contributed by atoms with Gasteiger partial charge < -0.3 is 9.64 Å². The fourth-order valence-corrected chi connectivity index (χ4v) is 4.23. The molecule has 0 aliphatic carbocycles. The number of piperidine rings is 1. The number of nitrogens with zero attached hydrogens (tertiary/aromatic N) is 4. The fourth-order valence-electron chi connectivity index (χ4n) is 4.23. The minimum absolute atomic E-state index is 0.159. The van der Waals surface area contributed by atoms with Crippen LogP contribution in [0.2, 0.25) is 0 Å². The summed E-state index contributed by atoms with van der Waals surface area (Å²) in [6.07, 6.45) is -2.02. The molecule has 2 aromatic carbocycles. The minimum atomic E-state index is -4.46. The van der Waals surface area contributed by atoms with Gasteiger partial charge >= 0.3 is 6.18 Å². The average molecular weight is 466 g/mol. The van der Waals surface area contributed by atoms with Crippen LogP contribution >= 0.6 is 0 Å². The number of aromatic nitrogens is 3. The molecule has 1 fully saturated rings. The maximum absolute atomic E-state index is 13.2. The van der Waals surface area contributed by atoms with Crippen molar-refractivity contribution in [1.29, 1.82) is 0 Å². The van der Waals surface area contributed by atoms with E-state index in [1.165, 1.54) is 10.5 Å². The molecule has 1 atom stereocenters. The Morgan fingerprint density at radius 3 is 2.56 bits per heavy atom. The van der Waals surface area contributed by atoms with Gasteiger partial charge in [-0.2, -0.15) is 13.2 Å². The van der Waals surface area contributed by atoms with Crippen molar-refractivity contribution >= 4 is 11.6 Å². The Morgan fingerprint density at radius 1 is 0.971 bits per heavy atom. The lowest BCUT2D eigenvalue weighted by molar-refractivity contribution is -0.137. The number of benzene rings is 2. The Labute approximate surface area is 193 Å². The summed E-state index contributed by atoms with van der Waals surface area (Å²) >= 11 is 0. The van der Waals surface area contributed by atoms with Crippen molar-refractivity contribution in [2.24, 2.45) is 0 Å². The number of rotatable bonds is 4. The molecule has 0 N–H and O–H groups in total. The number of hydrogen-bond acceptors (Lipinski definition) is 4. The summed E-state index contributed by atoms with van der Waals surface area (Å²) in [6.45, 7) is 0.906. The molecular formula is C25H21F3N4O2. The first-order chi connectivity index (χ1) is 16.4. The van der Waals surface area contributed by atoms with Gasteiger partial charge in [0.1, 0.15) is 17.3 Å². The van der Waals surface area contributed by atoms with Crippen LogP contribution in [0.3, 0.4) is 0 Å². The smallest absolute Gasteiger partial charge is 0.417 e. The van der Waals surface area contributed by atoms with Crippen LogP contribution in [-0.4, -0.2) is 38.5 Å². The second kappa shape index (κ2) is 8.81. The number of carbonyl (C=O) groups excluding carboxylic acids is 1. The lowest BCUT2D eigenvalue weighted by Gasteiger charge is -2.32. The molecule has 2 aromatic heterocycles. The molecule has 1 saturated heterocycles. The first kappa shape index (κ1) is 21.9. The molecule has 0 unspecified atom stereocenters. The third-order valence-electron chi connectivity index (χ3n) is 5.89. The molecule has 6 nitrogen and oxygen atoms in total. The topological polar surface area (TPSA) is 59.7 Å². The van der Waals surface area contributed by atoms with Gasteiger partial charge in [0.15, 0.2) is 5.65 Å². The van der Waals surface area contributed by atoms with E-state index in [9.17, 15) is 18.0 Å². The molecule has 0 saturated carbocycles. The Hall–Kier alpha value is -3.88. The van der Waals surface area contributed by atoms with E-state index in [-0.39, 0.29) is 11.8 Å². The van der Waals surface area contributed by atoms with Crippen LogP contribution < -0.4 is 4.74 Å². The number of para-hydroxylation sites is 1. The normalized spacial score (nSPS) is 16.6. The Morgan fingerprint density at radius 2 is 1.76 bits per heavy atom. The van der Waals surface area contributed by atoms with E-state index in [0.717, 1.165) is 12.3 Å².